The molecule has 4 heterocycles. The quantitative estimate of drug-likeness (QED) is 0.866. The maximum absolute atomic E-state index is 5.76. The fourth-order valence-corrected chi connectivity index (χ4v) is 4.08. The number of hydrogen-bond donors (Lipinski definition) is 0. The summed E-state index contributed by atoms with van der Waals surface area (Å²) >= 11 is 0. The van der Waals surface area contributed by atoms with Crippen LogP contribution in [-0.2, 0) is 30.9 Å². The van der Waals surface area contributed by atoms with Gasteiger partial charge in [0.05, 0.1) is 24.9 Å². The minimum Gasteiger partial charge on any atom is -0.376 e. The lowest BCUT2D eigenvalue weighted by Gasteiger charge is -2.35. The zero-order valence-electron chi connectivity index (χ0n) is 14.4. The Labute approximate surface area is 143 Å². The summed E-state index contributed by atoms with van der Waals surface area (Å²) in [4.78, 5) is 6.73. The molecule has 5 heteroatoms. The molecule has 128 valence electrons. The van der Waals surface area contributed by atoms with Crippen LogP contribution >= 0.6 is 0 Å². The van der Waals surface area contributed by atoms with E-state index in [1.165, 1.54) is 41.8 Å². The van der Waals surface area contributed by atoms with E-state index >= 15 is 0 Å². The van der Waals surface area contributed by atoms with Crippen molar-refractivity contribution in [1.82, 2.24) is 19.7 Å². The van der Waals surface area contributed by atoms with Gasteiger partial charge in [-0.1, -0.05) is 6.42 Å². The number of likely N-dealkylation sites (tertiary alicyclic amines) is 1. The average Bonchev–Trinajstić information content (AvgIpc) is 3.02. The molecule has 0 aliphatic carbocycles. The highest BCUT2D eigenvalue weighted by molar-refractivity contribution is 5.30. The molecule has 0 radical (unpaired) electrons. The second-order valence-corrected chi connectivity index (χ2v) is 6.77. The second kappa shape index (κ2) is 7.03. The molecule has 0 amide bonds. The summed E-state index contributed by atoms with van der Waals surface area (Å²) in [5.41, 5.74) is 5.35. The molecule has 1 saturated heterocycles. The summed E-state index contributed by atoms with van der Waals surface area (Å²) in [5.74, 6) is 0. The van der Waals surface area contributed by atoms with Gasteiger partial charge in [-0.05, 0) is 44.0 Å². The number of piperidine rings is 1. The van der Waals surface area contributed by atoms with E-state index in [-0.39, 0.29) is 0 Å². The summed E-state index contributed by atoms with van der Waals surface area (Å²) in [6, 6.07) is 4.65. The average molecular weight is 326 g/mol. The Balaban J connectivity index is 1.64. The molecule has 1 unspecified atom stereocenters. The SMILES string of the molecule is CCn1nc(C2CCCCN2Cc2ccncc2)c2c1CCOC2. The molecule has 0 saturated carbocycles. The molecular formula is C19H26N4O. The minimum absolute atomic E-state index is 0.412. The first-order valence-electron chi connectivity index (χ1n) is 9.16. The van der Waals surface area contributed by atoms with Crippen molar-refractivity contribution in [2.45, 2.75) is 58.3 Å². The number of hydrogen-bond acceptors (Lipinski definition) is 4. The van der Waals surface area contributed by atoms with E-state index in [9.17, 15) is 0 Å². The minimum atomic E-state index is 0.412. The summed E-state index contributed by atoms with van der Waals surface area (Å²) in [6.07, 6.45) is 8.51. The molecule has 2 aliphatic heterocycles. The Morgan fingerprint density at radius 2 is 2.12 bits per heavy atom. The van der Waals surface area contributed by atoms with Gasteiger partial charge >= 0.3 is 0 Å². The van der Waals surface area contributed by atoms with Crippen molar-refractivity contribution in [1.29, 1.82) is 0 Å². The number of aryl methyl sites for hydroxylation is 1. The lowest BCUT2D eigenvalue weighted by Crippen LogP contribution is -2.34. The molecule has 0 aromatic carbocycles. The van der Waals surface area contributed by atoms with Gasteiger partial charge in [-0.3, -0.25) is 14.6 Å². The van der Waals surface area contributed by atoms with Crippen molar-refractivity contribution in [2.24, 2.45) is 0 Å². The van der Waals surface area contributed by atoms with Crippen molar-refractivity contribution in [3.63, 3.8) is 0 Å². The highest BCUT2D eigenvalue weighted by Crippen LogP contribution is 2.35. The third-order valence-electron chi connectivity index (χ3n) is 5.29. The van der Waals surface area contributed by atoms with Crippen molar-refractivity contribution in [3.8, 4) is 0 Å². The Hall–Kier alpha value is -1.72. The van der Waals surface area contributed by atoms with Gasteiger partial charge in [0.2, 0.25) is 0 Å². The van der Waals surface area contributed by atoms with Gasteiger partial charge in [0.25, 0.3) is 0 Å². The van der Waals surface area contributed by atoms with E-state index in [1.54, 1.807) is 0 Å². The third kappa shape index (κ3) is 2.98. The largest absolute Gasteiger partial charge is 0.376 e. The normalized spacial score (nSPS) is 21.6. The molecule has 0 spiro atoms. The molecule has 0 N–H and O–H groups in total. The van der Waals surface area contributed by atoms with Gasteiger partial charge in [0, 0.05) is 43.2 Å². The number of aromatic nitrogens is 3. The van der Waals surface area contributed by atoms with Gasteiger partial charge in [0.15, 0.2) is 0 Å². The van der Waals surface area contributed by atoms with Crippen molar-refractivity contribution in [3.05, 3.63) is 47.0 Å². The smallest absolute Gasteiger partial charge is 0.0854 e. The van der Waals surface area contributed by atoms with E-state index in [4.69, 9.17) is 9.84 Å². The van der Waals surface area contributed by atoms with Gasteiger partial charge in [0.1, 0.15) is 0 Å². The molecule has 1 atom stereocenters. The molecule has 4 rings (SSSR count). The number of ether oxygens (including phenoxy) is 1. The molecule has 5 nitrogen and oxygen atoms in total. The monoisotopic (exact) mass is 326 g/mol. The first-order valence-corrected chi connectivity index (χ1v) is 9.16. The summed E-state index contributed by atoms with van der Waals surface area (Å²) in [6.45, 7) is 6.79. The predicted molar refractivity (Wildman–Crippen MR) is 92.5 cm³/mol. The van der Waals surface area contributed by atoms with Crippen LogP contribution in [0.25, 0.3) is 0 Å². The number of pyridine rings is 1. The highest BCUT2D eigenvalue weighted by atomic mass is 16.5. The first kappa shape index (κ1) is 15.8. The fraction of sp³-hybridized carbons (Fsp3) is 0.579. The molecule has 24 heavy (non-hydrogen) atoms. The van der Waals surface area contributed by atoms with Gasteiger partial charge < -0.3 is 4.74 Å². The Bertz CT molecular complexity index is 682. The zero-order valence-corrected chi connectivity index (χ0v) is 14.4. The van der Waals surface area contributed by atoms with Gasteiger partial charge in [-0.15, -0.1) is 0 Å². The molecule has 2 aliphatic rings. The van der Waals surface area contributed by atoms with Crippen LogP contribution in [0, 0.1) is 0 Å². The van der Waals surface area contributed by atoms with Gasteiger partial charge in [-0.25, -0.2) is 0 Å². The zero-order chi connectivity index (χ0) is 16.4. The summed E-state index contributed by atoms with van der Waals surface area (Å²) < 4.78 is 7.96. The van der Waals surface area contributed by atoms with Crippen molar-refractivity contribution >= 4 is 0 Å². The Morgan fingerprint density at radius 1 is 1.25 bits per heavy atom. The molecule has 2 aromatic heterocycles. The second-order valence-electron chi connectivity index (χ2n) is 6.77. The lowest BCUT2D eigenvalue weighted by molar-refractivity contribution is 0.102. The van der Waals surface area contributed by atoms with Crippen LogP contribution in [0.15, 0.2) is 24.5 Å². The predicted octanol–water partition coefficient (Wildman–Crippen LogP) is 3.10. The van der Waals surface area contributed by atoms with E-state index in [2.05, 4.69) is 33.6 Å². The van der Waals surface area contributed by atoms with E-state index in [0.29, 0.717) is 6.04 Å². The third-order valence-corrected chi connectivity index (χ3v) is 5.29. The van der Waals surface area contributed by atoms with Crippen LogP contribution in [0.5, 0.6) is 0 Å². The van der Waals surface area contributed by atoms with E-state index in [0.717, 1.165) is 39.3 Å². The topological polar surface area (TPSA) is 43.2 Å². The van der Waals surface area contributed by atoms with Crippen molar-refractivity contribution < 1.29 is 4.74 Å². The molecule has 2 aromatic rings. The Kier molecular flexibility index (Phi) is 4.63. The molecular weight excluding hydrogens is 300 g/mol. The van der Waals surface area contributed by atoms with Crippen LogP contribution in [0.4, 0.5) is 0 Å². The van der Waals surface area contributed by atoms with Crippen LogP contribution < -0.4 is 0 Å². The summed E-state index contributed by atoms with van der Waals surface area (Å²) in [5, 5.41) is 5.01. The fourth-order valence-electron chi connectivity index (χ4n) is 4.08. The number of nitrogens with zero attached hydrogens (tertiary/aromatic N) is 4. The van der Waals surface area contributed by atoms with Crippen molar-refractivity contribution in [2.75, 3.05) is 13.2 Å². The maximum Gasteiger partial charge on any atom is 0.0854 e. The lowest BCUT2D eigenvalue weighted by atomic mass is 9.95. The van der Waals surface area contributed by atoms with Crippen LogP contribution in [0.3, 0.4) is 0 Å². The summed E-state index contributed by atoms with van der Waals surface area (Å²) in [7, 11) is 0. The standard InChI is InChI=1S/C19H26N4O/c1-2-23-17-8-12-24-14-16(17)19(21-23)18-5-3-4-11-22(18)13-15-6-9-20-10-7-15/h6-7,9-10,18H,2-5,8,11-14H2,1H3. The van der Waals surface area contributed by atoms with Crippen LogP contribution in [0.1, 0.15) is 54.7 Å². The molecule has 1 fully saturated rings. The molecule has 0 bridgehead atoms. The van der Waals surface area contributed by atoms with Crippen LogP contribution in [0.2, 0.25) is 0 Å². The number of fused-ring (bicyclic) bond motifs is 1. The van der Waals surface area contributed by atoms with E-state index < -0.39 is 0 Å². The Morgan fingerprint density at radius 3 is 2.96 bits per heavy atom. The first-order chi connectivity index (χ1) is 11.9. The highest BCUT2D eigenvalue weighted by Gasteiger charge is 2.31. The maximum atomic E-state index is 5.76. The number of rotatable bonds is 4. The van der Waals surface area contributed by atoms with Gasteiger partial charge in [-0.2, -0.15) is 5.10 Å². The van der Waals surface area contributed by atoms with Crippen LogP contribution in [-0.4, -0.2) is 32.8 Å². The van der Waals surface area contributed by atoms with E-state index in [1.807, 2.05) is 12.4 Å².